The highest BCUT2D eigenvalue weighted by Crippen LogP contribution is 2.45. The second-order valence-corrected chi connectivity index (χ2v) is 8.03. The zero-order valence-corrected chi connectivity index (χ0v) is 16.8. The number of benzene rings is 1. The zero-order chi connectivity index (χ0) is 21.2. The first-order valence-electron chi connectivity index (χ1n) is 9.60. The van der Waals surface area contributed by atoms with Gasteiger partial charge in [-0.05, 0) is 43.2 Å². The molecule has 1 aromatic carbocycles. The quantitative estimate of drug-likeness (QED) is 0.608. The molecule has 5 rings (SSSR count). The number of hydrogen-bond donors (Lipinski definition) is 2. The van der Waals surface area contributed by atoms with E-state index < -0.39 is 11.2 Å². The minimum Gasteiger partial charge on any atom is -0.454 e. The molecule has 0 bridgehead atoms. The number of fused-ring (bicyclic) bond motifs is 2. The summed E-state index contributed by atoms with van der Waals surface area (Å²) in [7, 11) is 0. The number of rotatable bonds is 3. The van der Waals surface area contributed by atoms with Gasteiger partial charge in [0.15, 0.2) is 0 Å². The van der Waals surface area contributed by atoms with Crippen LogP contribution in [0.2, 0.25) is 5.02 Å². The van der Waals surface area contributed by atoms with E-state index in [4.69, 9.17) is 22.2 Å². The second-order valence-electron chi connectivity index (χ2n) is 7.63. The highest BCUT2D eigenvalue weighted by Gasteiger charge is 2.30. The van der Waals surface area contributed by atoms with Crippen LogP contribution in [-0.4, -0.2) is 19.4 Å². The monoisotopic (exact) mass is 427 g/mol. The molecule has 2 heterocycles. The van der Waals surface area contributed by atoms with Crippen molar-refractivity contribution in [2.75, 3.05) is 5.84 Å². The second kappa shape index (κ2) is 6.60. The molecule has 30 heavy (non-hydrogen) atoms. The normalized spacial score (nSPS) is 16.7. The molecule has 0 spiro atoms. The fourth-order valence-corrected chi connectivity index (χ4v) is 4.51. The Morgan fingerprint density at radius 2 is 1.97 bits per heavy atom. The average Bonchev–Trinajstić information content (AvgIpc) is 3.08. The van der Waals surface area contributed by atoms with E-state index in [-0.39, 0.29) is 11.5 Å². The molecule has 0 aliphatic heterocycles. The van der Waals surface area contributed by atoms with Gasteiger partial charge < -0.3 is 15.6 Å². The number of H-pyrrole nitrogens is 1. The topological polar surface area (TPSA) is 125 Å². The van der Waals surface area contributed by atoms with Gasteiger partial charge in [0.05, 0.1) is 10.7 Å². The molecule has 0 amide bonds. The van der Waals surface area contributed by atoms with E-state index in [1.54, 1.807) is 12.3 Å². The molecule has 0 saturated heterocycles. The number of pyridine rings is 1. The van der Waals surface area contributed by atoms with Crippen LogP contribution in [0.3, 0.4) is 0 Å². The van der Waals surface area contributed by atoms with Crippen LogP contribution in [0.25, 0.3) is 5.69 Å². The van der Waals surface area contributed by atoms with Gasteiger partial charge in [-0.2, -0.15) is 14.5 Å². The SMILES string of the molecule is CC1CCc2c(Oc3c(Cl)cc(-n4ncc(=O)n(N)c4=O)c4c3CC4)c[nH]c(=O)c21. The molecule has 1 atom stereocenters. The van der Waals surface area contributed by atoms with Gasteiger partial charge >= 0.3 is 5.69 Å². The number of halogens is 1. The van der Waals surface area contributed by atoms with Crippen molar-refractivity contribution in [2.24, 2.45) is 0 Å². The van der Waals surface area contributed by atoms with Crippen LogP contribution >= 0.6 is 11.6 Å². The molecular weight excluding hydrogens is 410 g/mol. The van der Waals surface area contributed by atoms with Gasteiger partial charge in [-0.1, -0.05) is 18.5 Å². The van der Waals surface area contributed by atoms with Crippen molar-refractivity contribution >= 4 is 11.6 Å². The first-order valence-corrected chi connectivity index (χ1v) is 9.98. The molecule has 0 fully saturated rings. The van der Waals surface area contributed by atoms with Gasteiger partial charge in [-0.25, -0.2) is 4.79 Å². The molecule has 3 N–H and O–H groups in total. The third-order valence-corrected chi connectivity index (χ3v) is 6.20. The smallest absolute Gasteiger partial charge is 0.370 e. The van der Waals surface area contributed by atoms with E-state index in [0.717, 1.165) is 52.4 Å². The molecule has 0 saturated carbocycles. The number of nitrogens with two attached hydrogens (primary N) is 1. The van der Waals surface area contributed by atoms with E-state index in [1.165, 1.54) is 0 Å². The van der Waals surface area contributed by atoms with Gasteiger partial charge in [0.1, 0.15) is 17.7 Å². The Balaban J connectivity index is 1.62. The molecule has 154 valence electrons. The minimum atomic E-state index is -0.756. The van der Waals surface area contributed by atoms with Crippen molar-refractivity contribution in [3.63, 3.8) is 0 Å². The van der Waals surface area contributed by atoms with E-state index >= 15 is 0 Å². The van der Waals surface area contributed by atoms with Gasteiger partial charge in [0, 0.05) is 22.9 Å². The summed E-state index contributed by atoms with van der Waals surface area (Å²) >= 11 is 6.53. The number of nitrogens with one attached hydrogen (secondary N) is 1. The van der Waals surface area contributed by atoms with Gasteiger partial charge in [-0.15, -0.1) is 0 Å². The predicted molar refractivity (Wildman–Crippen MR) is 111 cm³/mol. The standard InChI is InChI=1S/C20H18ClN5O4/c1-9-2-3-12-15(7-23-19(28)17(9)12)30-18-11-5-4-10(11)14(6-13(18)21)26-20(29)25(22)16(27)8-24-26/h6-9H,2-5,22H2,1H3,(H,23,28). The van der Waals surface area contributed by atoms with Crippen molar-refractivity contribution in [1.82, 2.24) is 19.4 Å². The fourth-order valence-electron chi connectivity index (χ4n) is 4.26. The summed E-state index contributed by atoms with van der Waals surface area (Å²) < 4.78 is 7.76. The first kappa shape index (κ1) is 18.7. The fraction of sp³-hybridized carbons (Fsp3) is 0.300. The maximum Gasteiger partial charge on any atom is 0.370 e. The molecule has 2 aliphatic carbocycles. The van der Waals surface area contributed by atoms with Gasteiger partial charge in [0.2, 0.25) is 0 Å². The minimum absolute atomic E-state index is 0.0841. The number of ether oxygens (including phenoxy) is 1. The van der Waals surface area contributed by atoms with Crippen LogP contribution in [0.1, 0.15) is 41.5 Å². The summed E-state index contributed by atoms with van der Waals surface area (Å²) in [5.41, 5.74) is 2.34. The van der Waals surface area contributed by atoms with Crippen molar-refractivity contribution in [3.8, 4) is 17.2 Å². The maximum absolute atomic E-state index is 12.4. The van der Waals surface area contributed by atoms with Crippen LogP contribution in [0.15, 0.2) is 32.8 Å². The summed E-state index contributed by atoms with van der Waals surface area (Å²) in [6.45, 7) is 2.03. The molecule has 9 nitrogen and oxygen atoms in total. The van der Waals surface area contributed by atoms with E-state index in [9.17, 15) is 14.4 Å². The van der Waals surface area contributed by atoms with E-state index in [0.29, 0.717) is 33.3 Å². The highest BCUT2D eigenvalue weighted by atomic mass is 35.5. The lowest BCUT2D eigenvalue weighted by Gasteiger charge is -2.27. The summed E-state index contributed by atoms with van der Waals surface area (Å²) in [6.07, 6.45) is 5.65. The van der Waals surface area contributed by atoms with E-state index in [1.807, 2.05) is 6.92 Å². The largest absolute Gasteiger partial charge is 0.454 e. The lowest BCUT2D eigenvalue weighted by atomic mass is 9.86. The lowest BCUT2D eigenvalue weighted by molar-refractivity contribution is 0.462. The van der Waals surface area contributed by atoms with Gasteiger partial charge in [0.25, 0.3) is 11.1 Å². The maximum atomic E-state index is 12.4. The van der Waals surface area contributed by atoms with E-state index in [2.05, 4.69) is 10.1 Å². The Morgan fingerprint density at radius 3 is 2.70 bits per heavy atom. The third-order valence-electron chi connectivity index (χ3n) is 5.92. The molecule has 1 unspecified atom stereocenters. The molecule has 2 aliphatic rings. The Labute approximate surface area is 174 Å². The number of aromatic amines is 1. The summed E-state index contributed by atoms with van der Waals surface area (Å²) in [4.78, 5) is 38.9. The first-order chi connectivity index (χ1) is 14.4. The number of hydrogen-bond acceptors (Lipinski definition) is 6. The van der Waals surface area contributed by atoms with Crippen LogP contribution < -0.4 is 27.4 Å². The molecule has 3 aromatic rings. The predicted octanol–water partition coefficient (Wildman–Crippen LogP) is 1.39. The van der Waals surface area contributed by atoms with Crippen molar-refractivity contribution in [1.29, 1.82) is 0 Å². The van der Waals surface area contributed by atoms with Crippen LogP contribution in [0, 0.1) is 0 Å². The lowest BCUT2D eigenvalue weighted by Crippen LogP contribution is -2.45. The molecule has 0 radical (unpaired) electrons. The summed E-state index contributed by atoms with van der Waals surface area (Å²) in [6, 6.07) is 1.59. The Morgan fingerprint density at radius 1 is 1.20 bits per heavy atom. The Hall–Kier alpha value is -3.33. The highest BCUT2D eigenvalue weighted by molar-refractivity contribution is 6.32. The average molecular weight is 428 g/mol. The number of nitrogens with zero attached hydrogens (tertiary/aromatic N) is 3. The third kappa shape index (κ3) is 2.62. The molecular formula is C20H18ClN5O4. The van der Waals surface area contributed by atoms with Crippen molar-refractivity contribution < 1.29 is 4.74 Å². The van der Waals surface area contributed by atoms with Gasteiger partial charge in [-0.3, -0.25) is 9.59 Å². The number of aromatic nitrogens is 4. The Bertz CT molecular complexity index is 1390. The molecule has 2 aromatic heterocycles. The summed E-state index contributed by atoms with van der Waals surface area (Å²) in [5, 5.41) is 4.22. The van der Waals surface area contributed by atoms with Crippen LogP contribution in [-0.2, 0) is 19.3 Å². The zero-order valence-electron chi connectivity index (χ0n) is 16.1. The van der Waals surface area contributed by atoms with Crippen LogP contribution in [0.5, 0.6) is 11.5 Å². The Kier molecular flexibility index (Phi) is 4.11. The van der Waals surface area contributed by atoms with Crippen LogP contribution in [0.4, 0.5) is 0 Å². The van der Waals surface area contributed by atoms with Crippen molar-refractivity contribution in [2.45, 2.75) is 38.5 Å². The molecule has 10 heteroatoms. The summed E-state index contributed by atoms with van der Waals surface area (Å²) in [5.74, 6) is 6.79. The number of nitrogen functional groups attached to an aromatic ring is 1. The van der Waals surface area contributed by atoms with Crippen molar-refractivity contribution in [3.05, 3.63) is 76.9 Å².